The molecule has 0 unspecified atom stereocenters. The largest absolute Gasteiger partial charge is 0.460 e. The summed E-state index contributed by atoms with van der Waals surface area (Å²) in [6.07, 6.45) is 2.84. The molecule has 36 heavy (non-hydrogen) atoms. The van der Waals surface area contributed by atoms with Crippen LogP contribution in [0.2, 0.25) is 0 Å². The van der Waals surface area contributed by atoms with Gasteiger partial charge in [0.15, 0.2) is 0 Å². The van der Waals surface area contributed by atoms with E-state index in [4.69, 9.17) is 18.8 Å². The smallest absolute Gasteiger partial charge is 0.306 e. The Hall–Kier alpha value is -1.97. The highest BCUT2D eigenvalue weighted by Gasteiger charge is 2.36. The van der Waals surface area contributed by atoms with E-state index >= 15 is 0 Å². The van der Waals surface area contributed by atoms with Gasteiger partial charge in [-0.05, 0) is 98.1 Å². The first kappa shape index (κ1) is 30.3. The molecular weight excluding hydrogens is 484 g/mol. The highest BCUT2D eigenvalue weighted by molar-refractivity contribution is 7.86. The van der Waals surface area contributed by atoms with Crippen LogP contribution in [0, 0.1) is 18.8 Å². The van der Waals surface area contributed by atoms with E-state index in [1.807, 2.05) is 48.5 Å². The summed E-state index contributed by atoms with van der Waals surface area (Å²) >= 11 is 0. The van der Waals surface area contributed by atoms with Gasteiger partial charge in [-0.2, -0.15) is 8.42 Å². The Morgan fingerprint density at radius 3 is 1.64 bits per heavy atom. The van der Waals surface area contributed by atoms with Crippen LogP contribution < -0.4 is 0 Å². The van der Waals surface area contributed by atoms with Gasteiger partial charge in [0, 0.05) is 12.8 Å². The van der Waals surface area contributed by atoms with Gasteiger partial charge in [-0.3, -0.25) is 13.8 Å². The number of carbonyl (C=O) groups is 2. The van der Waals surface area contributed by atoms with Gasteiger partial charge in [0.1, 0.15) is 11.2 Å². The van der Waals surface area contributed by atoms with Crippen molar-refractivity contribution in [3.63, 3.8) is 0 Å². The molecule has 0 bridgehead atoms. The van der Waals surface area contributed by atoms with Gasteiger partial charge in [0.05, 0.1) is 17.1 Å². The van der Waals surface area contributed by atoms with Crippen molar-refractivity contribution in [3.05, 3.63) is 29.8 Å². The summed E-state index contributed by atoms with van der Waals surface area (Å²) in [6, 6.07) is 6.56. The SMILES string of the molecule is CC(C)(C)OC(=O)CC1CC(O)C1.Cc1ccc(S(=O)(=O)OC2CC(CC(=O)OC(C)(C)C)C2)cc1. The second-order valence-electron chi connectivity index (χ2n) is 11.9. The van der Waals surface area contributed by atoms with Crippen molar-refractivity contribution in [1.82, 2.24) is 0 Å². The van der Waals surface area contributed by atoms with E-state index in [0.717, 1.165) is 18.4 Å². The topological polar surface area (TPSA) is 116 Å². The minimum atomic E-state index is -3.73. The molecule has 2 saturated carbocycles. The Kier molecular flexibility index (Phi) is 10.1. The first-order valence-corrected chi connectivity index (χ1v) is 13.9. The van der Waals surface area contributed by atoms with E-state index in [9.17, 15) is 18.0 Å². The Balaban J connectivity index is 0.000000297. The molecule has 0 amide bonds. The minimum Gasteiger partial charge on any atom is -0.460 e. The molecular formula is C27H42O8S. The summed E-state index contributed by atoms with van der Waals surface area (Å²) < 4.78 is 40.0. The fourth-order valence-corrected chi connectivity index (χ4v) is 5.06. The van der Waals surface area contributed by atoms with Crippen molar-refractivity contribution in [2.45, 2.75) is 115 Å². The highest BCUT2D eigenvalue weighted by atomic mass is 32.2. The van der Waals surface area contributed by atoms with Crippen LogP contribution in [0.3, 0.4) is 0 Å². The van der Waals surface area contributed by atoms with Crippen LogP contribution in [0.15, 0.2) is 29.2 Å². The quantitative estimate of drug-likeness (QED) is 0.401. The number of rotatable bonds is 7. The van der Waals surface area contributed by atoms with Gasteiger partial charge in [-0.15, -0.1) is 0 Å². The number of aliphatic hydroxyl groups is 1. The molecule has 1 N–H and O–H groups in total. The first-order chi connectivity index (χ1) is 16.4. The van der Waals surface area contributed by atoms with Crippen LogP contribution in [0.25, 0.3) is 0 Å². The zero-order valence-corrected chi connectivity index (χ0v) is 23.4. The maximum absolute atomic E-state index is 12.1. The van der Waals surface area contributed by atoms with Crippen LogP contribution in [0.4, 0.5) is 0 Å². The average molecular weight is 527 g/mol. The summed E-state index contributed by atoms with van der Waals surface area (Å²) in [6.45, 7) is 13.0. The molecule has 0 spiro atoms. The normalized spacial score (nSPS) is 23.9. The molecule has 1 aromatic rings. The second-order valence-corrected chi connectivity index (χ2v) is 13.5. The number of hydrogen-bond donors (Lipinski definition) is 1. The number of esters is 2. The first-order valence-electron chi connectivity index (χ1n) is 12.5. The number of aryl methyl sites for hydroxylation is 1. The third kappa shape index (κ3) is 11.0. The summed E-state index contributed by atoms with van der Waals surface area (Å²) in [5.41, 5.74) is 0.107. The van der Waals surface area contributed by atoms with Crippen LogP contribution in [0.1, 0.15) is 85.6 Å². The van der Waals surface area contributed by atoms with E-state index < -0.39 is 15.7 Å². The molecule has 2 aliphatic rings. The lowest BCUT2D eigenvalue weighted by atomic mass is 9.80. The molecule has 0 heterocycles. The summed E-state index contributed by atoms with van der Waals surface area (Å²) in [5.74, 6) is 0.0691. The predicted molar refractivity (Wildman–Crippen MR) is 136 cm³/mol. The molecule has 0 atom stereocenters. The molecule has 0 saturated heterocycles. The maximum Gasteiger partial charge on any atom is 0.306 e. The lowest BCUT2D eigenvalue weighted by Gasteiger charge is -2.34. The molecule has 2 fully saturated rings. The summed E-state index contributed by atoms with van der Waals surface area (Å²) in [5, 5.41) is 9.01. The average Bonchev–Trinajstić information content (AvgIpc) is 2.63. The third-order valence-electron chi connectivity index (χ3n) is 5.73. The van der Waals surface area contributed by atoms with Crippen molar-refractivity contribution >= 4 is 22.1 Å². The molecule has 2 aliphatic carbocycles. The second kappa shape index (κ2) is 12.0. The van der Waals surface area contributed by atoms with Crippen LogP contribution >= 0.6 is 0 Å². The van der Waals surface area contributed by atoms with Gasteiger partial charge in [-0.1, -0.05) is 17.7 Å². The Bertz CT molecular complexity index is 974. The molecule has 0 radical (unpaired) electrons. The predicted octanol–water partition coefficient (Wildman–Crippen LogP) is 4.70. The molecule has 1 aromatic carbocycles. The van der Waals surface area contributed by atoms with Gasteiger partial charge >= 0.3 is 11.9 Å². The van der Waals surface area contributed by atoms with Crippen LogP contribution in [-0.2, 0) is 33.4 Å². The summed E-state index contributed by atoms with van der Waals surface area (Å²) in [4.78, 5) is 23.2. The van der Waals surface area contributed by atoms with Crippen LogP contribution in [-0.4, -0.2) is 48.9 Å². The van der Waals surface area contributed by atoms with Crippen molar-refractivity contribution in [2.75, 3.05) is 0 Å². The van der Waals surface area contributed by atoms with E-state index in [1.165, 1.54) is 0 Å². The number of aliphatic hydroxyl groups excluding tert-OH is 1. The van der Waals surface area contributed by atoms with E-state index in [-0.39, 0.29) is 40.6 Å². The van der Waals surface area contributed by atoms with E-state index in [1.54, 1.807) is 24.3 Å². The highest BCUT2D eigenvalue weighted by Crippen LogP contribution is 2.35. The molecule has 3 rings (SSSR count). The van der Waals surface area contributed by atoms with Crippen molar-refractivity contribution in [3.8, 4) is 0 Å². The Morgan fingerprint density at radius 2 is 1.25 bits per heavy atom. The third-order valence-corrected chi connectivity index (χ3v) is 7.10. The van der Waals surface area contributed by atoms with Gasteiger partial charge in [-0.25, -0.2) is 0 Å². The zero-order valence-electron chi connectivity index (χ0n) is 22.6. The summed E-state index contributed by atoms with van der Waals surface area (Å²) in [7, 11) is -3.73. The van der Waals surface area contributed by atoms with Crippen molar-refractivity contribution in [2.24, 2.45) is 11.8 Å². The molecule has 0 aromatic heterocycles. The van der Waals surface area contributed by atoms with Crippen molar-refractivity contribution in [1.29, 1.82) is 0 Å². The molecule has 204 valence electrons. The fraction of sp³-hybridized carbons (Fsp3) is 0.704. The Morgan fingerprint density at radius 1 is 0.833 bits per heavy atom. The van der Waals surface area contributed by atoms with E-state index in [2.05, 4.69) is 0 Å². The van der Waals surface area contributed by atoms with Gasteiger partial charge in [0.25, 0.3) is 10.1 Å². The lowest BCUT2D eigenvalue weighted by molar-refractivity contribution is -0.158. The lowest BCUT2D eigenvalue weighted by Crippen LogP contribution is -2.36. The van der Waals surface area contributed by atoms with Gasteiger partial charge in [0.2, 0.25) is 0 Å². The molecule has 8 nitrogen and oxygen atoms in total. The maximum atomic E-state index is 12.1. The standard InChI is InChI=1S/C17H24O5S.C10H18O3/c1-12-5-7-15(8-6-12)23(19,20)22-14-9-13(10-14)11-16(18)21-17(2,3)4;1-10(2,3)13-9(12)6-7-4-8(11)5-7/h5-8,13-14H,9-11H2,1-4H3;7-8,11H,4-6H2,1-3H3. The van der Waals surface area contributed by atoms with E-state index in [0.29, 0.717) is 31.6 Å². The zero-order chi connectivity index (χ0) is 27.3. The number of carbonyl (C=O) groups excluding carboxylic acids is 2. The monoisotopic (exact) mass is 526 g/mol. The van der Waals surface area contributed by atoms with Crippen LogP contribution in [0.5, 0.6) is 0 Å². The van der Waals surface area contributed by atoms with Gasteiger partial charge < -0.3 is 14.6 Å². The Labute approximate surface area is 215 Å². The minimum absolute atomic E-state index is 0.128. The molecule has 9 heteroatoms. The number of hydrogen-bond acceptors (Lipinski definition) is 8. The van der Waals surface area contributed by atoms with Crippen molar-refractivity contribution < 1.29 is 36.8 Å². The molecule has 0 aliphatic heterocycles. The fourth-order valence-electron chi connectivity index (χ4n) is 3.96. The number of ether oxygens (including phenoxy) is 2. The number of benzene rings is 1.